The van der Waals surface area contributed by atoms with Crippen molar-refractivity contribution >= 4 is 6.21 Å². The number of benzene rings is 1. The summed E-state index contributed by atoms with van der Waals surface area (Å²) in [5.41, 5.74) is 3.64. The van der Waals surface area contributed by atoms with Crippen molar-refractivity contribution in [2.45, 2.75) is 20.3 Å². The van der Waals surface area contributed by atoms with Crippen molar-refractivity contribution in [3.05, 3.63) is 72.4 Å². The van der Waals surface area contributed by atoms with Gasteiger partial charge in [-0.05, 0) is 30.0 Å². The molecule has 0 aliphatic heterocycles. The average molecular weight is 227 g/mol. The molecule has 0 fully saturated rings. The van der Waals surface area contributed by atoms with Crippen LogP contribution >= 0.6 is 0 Å². The first-order valence-corrected chi connectivity index (χ1v) is 5.69. The third-order valence-corrected chi connectivity index (χ3v) is 2.35. The summed E-state index contributed by atoms with van der Waals surface area (Å²) >= 11 is 0. The maximum absolute atomic E-state index is 6.75. The average Bonchev–Trinajstić information content (AvgIpc) is 2.37. The fraction of sp³-hybridized carbons (Fsp3) is 0.188. The van der Waals surface area contributed by atoms with Crippen LogP contribution in [0.5, 0.6) is 0 Å². The normalized spacial score (nSPS) is 9.88. The van der Waals surface area contributed by atoms with Gasteiger partial charge in [0.25, 0.3) is 0 Å². The molecule has 1 N–H and O–H groups in total. The van der Waals surface area contributed by atoms with Crippen LogP contribution in [0.3, 0.4) is 0 Å². The molecule has 0 radical (unpaired) electrons. The van der Waals surface area contributed by atoms with Gasteiger partial charge in [0.2, 0.25) is 0 Å². The van der Waals surface area contributed by atoms with E-state index in [1.54, 1.807) is 18.2 Å². The Labute approximate surface area is 105 Å². The quantitative estimate of drug-likeness (QED) is 0.579. The van der Waals surface area contributed by atoms with Gasteiger partial charge in [0.05, 0.1) is 0 Å². The number of hydrogen-bond donors (Lipinski definition) is 1. The molecular formula is C16H21N. The summed E-state index contributed by atoms with van der Waals surface area (Å²) in [6, 6.07) is 8.49. The Morgan fingerprint density at radius 1 is 1.29 bits per heavy atom. The SMILES string of the molecule is C=C/C=C(\C=C)C=N.CCc1ccccc1C. The first-order valence-electron chi connectivity index (χ1n) is 5.69. The van der Waals surface area contributed by atoms with E-state index < -0.39 is 0 Å². The van der Waals surface area contributed by atoms with E-state index in [9.17, 15) is 0 Å². The highest BCUT2D eigenvalue weighted by atomic mass is 14.3. The summed E-state index contributed by atoms with van der Waals surface area (Å²) in [6.07, 6.45) is 7.33. The van der Waals surface area contributed by atoms with Crippen LogP contribution in [0.2, 0.25) is 0 Å². The molecule has 1 aromatic carbocycles. The topological polar surface area (TPSA) is 23.9 Å². The molecule has 0 unspecified atom stereocenters. The van der Waals surface area contributed by atoms with Crippen LogP contribution in [0.15, 0.2) is 61.2 Å². The van der Waals surface area contributed by atoms with Crippen LogP contribution in [0.4, 0.5) is 0 Å². The van der Waals surface area contributed by atoms with E-state index in [0.29, 0.717) is 0 Å². The third kappa shape index (κ3) is 6.31. The number of nitrogens with one attached hydrogen (secondary N) is 1. The first kappa shape index (κ1) is 15.1. The number of rotatable bonds is 4. The zero-order valence-electron chi connectivity index (χ0n) is 10.7. The van der Waals surface area contributed by atoms with E-state index in [2.05, 4.69) is 51.3 Å². The molecule has 90 valence electrons. The predicted octanol–water partition coefficient (Wildman–Crippen LogP) is 4.49. The van der Waals surface area contributed by atoms with Crippen molar-refractivity contribution in [2.24, 2.45) is 0 Å². The van der Waals surface area contributed by atoms with Crippen molar-refractivity contribution in [3.8, 4) is 0 Å². The predicted molar refractivity (Wildman–Crippen MR) is 77.8 cm³/mol. The Morgan fingerprint density at radius 3 is 2.24 bits per heavy atom. The van der Waals surface area contributed by atoms with Gasteiger partial charge in [-0.1, -0.05) is 62.6 Å². The second kappa shape index (κ2) is 9.34. The van der Waals surface area contributed by atoms with Crippen LogP contribution in [0.1, 0.15) is 18.1 Å². The summed E-state index contributed by atoms with van der Waals surface area (Å²) in [6.45, 7) is 11.3. The molecule has 0 bridgehead atoms. The maximum atomic E-state index is 6.75. The minimum atomic E-state index is 0.778. The summed E-state index contributed by atoms with van der Waals surface area (Å²) in [4.78, 5) is 0. The number of aryl methyl sites for hydroxylation is 2. The first-order chi connectivity index (χ1) is 8.19. The Kier molecular flexibility index (Phi) is 8.31. The van der Waals surface area contributed by atoms with Crippen LogP contribution < -0.4 is 0 Å². The summed E-state index contributed by atoms with van der Waals surface area (Å²) < 4.78 is 0. The Hall–Kier alpha value is -1.89. The minimum absolute atomic E-state index is 0.778. The largest absolute Gasteiger partial charge is 0.308 e. The van der Waals surface area contributed by atoms with Crippen LogP contribution in [0, 0.1) is 12.3 Å². The Morgan fingerprint density at radius 2 is 1.94 bits per heavy atom. The molecule has 17 heavy (non-hydrogen) atoms. The van der Waals surface area contributed by atoms with Crippen LogP contribution in [-0.2, 0) is 6.42 Å². The lowest BCUT2D eigenvalue weighted by Crippen LogP contribution is -1.82. The zero-order valence-corrected chi connectivity index (χ0v) is 10.7. The van der Waals surface area contributed by atoms with Gasteiger partial charge in [0, 0.05) is 6.21 Å². The number of hydrogen-bond acceptors (Lipinski definition) is 1. The smallest absolute Gasteiger partial charge is 0.0250 e. The van der Waals surface area contributed by atoms with Gasteiger partial charge >= 0.3 is 0 Å². The molecule has 0 saturated heterocycles. The molecule has 0 aliphatic carbocycles. The van der Waals surface area contributed by atoms with Gasteiger partial charge in [-0.25, -0.2) is 0 Å². The molecule has 0 amide bonds. The molecule has 0 aromatic heterocycles. The summed E-state index contributed by atoms with van der Waals surface area (Å²) in [5.74, 6) is 0. The molecule has 0 heterocycles. The summed E-state index contributed by atoms with van der Waals surface area (Å²) in [5, 5.41) is 6.75. The highest BCUT2D eigenvalue weighted by Gasteiger charge is 1.89. The van der Waals surface area contributed by atoms with Crippen molar-refractivity contribution in [2.75, 3.05) is 0 Å². The molecule has 0 aliphatic rings. The van der Waals surface area contributed by atoms with E-state index in [1.807, 2.05) is 0 Å². The molecule has 1 heteroatoms. The van der Waals surface area contributed by atoms with Gasteiger partial charge in [0.15, 0.2) is 0 Å². The van der Waals surface area contributed by atoms with Gasteiger partial charge in [-0.15, -0.1) is 0 Å². The van der Waals surface area contributed by atoms with Crippen molar-refractivity contribution in [3.63, 3.8) is 0 Å². The molecule has 1 rings (SSSR count). The molecular weight excluding hydrogens is 206 g/mol. The highest BCUT2D eigenvalue weighted by Crippen LogP contribution is 2.06. The fourth-order valence-corrected chi connectivity index (χ4v) is 1.32. The van der Waals surface area contributed by atoms with Crippen molar-refractivity contribution in [1.29, 1.82) is 5.41 Å². The summed E-state index contributed by atoms with van der Waals surface area (Å²) in [7, 11) is 0. The highest BCUT2D eigenvalue weighted by molar-refractivity contribution is 5.79. The minimum Gasteiger partial charge on any atom is -0.308 e. The maximum Gasteiger partial charge on any atom is 0.0250 e. The third-order valence-electron chi connectivity index (χ3n) is 2.35. The molecule has 0 saturated carbocycles. The molecule has 0 spiro atoms. The molecule has 0 atom stereocenters. The van der Waals surface area contributed by atoms with Crippen LogP contribution in [0.25, 0.3) is 0 Å². The lowest BCUT2D eigenvalue weighted by atomic mass is 10.1. The molecule has 1 aromatic rings. The standard InChI is InChI=1S/C9H12.C7H9N/c1-3-9-7-5-4-6-8(9)2;1-3-5-7(4-2)6-8/h4-7H,3H2,1-2H3;3-6,8H,1-2H2/b;7-5+,8-6?. The van der Waals surface area contributed by atoms with E-state index in [4.69, 9.17) is 5.41 Å². The van der Waals surface area contributed by atoms with Crippen molar-refractivity contribution in [1.82, 2.24) is 0 Å². The van der Waals surface area contributed by atoms with Gasteiger partial charge in [0.1, 0.15) is 0 Å². The Bertz CT molecular complexity index is 390. The molecule has 1 nitrogen and oxygen atoms in total. The van der Waals surface area contributed by atoms with E-state index in [1.165, 1.54) is 17.3 Å². The lowest BCUT2D eigenvalue weighted by Gasteiger charge is -1.98. The Balaban J connectivity index is 0.000000304. The van der Waals surface area contributed by atoms with Crippen LogP contribution in [-0.4, -0.2) is 6.21 Å². The fourth-order valence-electron chi connectivity index (χ4n) is 1.32. The zero-order chi connectivity index (χ0) is 13.1. The monoisotopic (exact) mass is 227 g/mol. The van der Waals surface area contributed by atoms with E-state index in [-0.39, 0.29) is 0 Å². The van der Waals surface area contributed by atoms with Crippen molar-refractivity contribution < 1.29 is 0 Å². The van der Waals surface area contributed by atoms with Gasteiger partial charge < -0.3 is 5.41 Å². The van der Waals surface area contributed by atoms with E-state index in [0.717, 1.165) is 12.0 Å². The second-order valence-electron chi connectivity index (χ2n) is 3.53. The van der Waals surface area contributed by atoms with Gasteiger partial charge in [-0.2, -0.15) is 0 Å². The lowest BCUT2D eigenvalue weighted by molar-refractivity contribution is 1.11. The second-order valence-corrected chi connectivity index (χ2v) is 3.53. The number of allylic oxidation sites excluding steroid dienone is 4. The van der Waals surface area contributed by atoms with E-state index >= 15 is 0 Å². The van der Waals surface area contributed by atoms with Gasteiger partial charge in [-0.3, -0.25) is 0 Å².